The summed E-state index contributed by atoms with van der Waals surface area (Å²) < 4.78 is 23.0. The number of pyridine rings is 1. The first-order valence-electron chi connectivity index (χ1n) is 12.0. The molecule has 2 N–H and O–H groups in total. The van der Waals surface area contributed by atoms with Gasteiger partial charge in [-0.1, -0.05) is 17.3 Å². The van der Waals surface area contributed by atoms with Crippen molar-refractivity contribution in [2.24, 2.45) is 5.16 Å². The zero-order valence-electron chi connectivity index (χ0n) is 19.4. The summed E-state index contributed by atoms with van der Waals surface area (Å²) in [6.45, 7) is 2.61. The summed E-state index contributed by atoms with van der Waals surface area (Å²) in [5.74, 6) is -1.17. The Hall–Kier alpha value is -3.92. The van der Waals surface area contributed by atoms with E-state index in [1.807, 2.05) is 29.2 Å². The molecule has 186 valence electrons. The van der Waals surface area contributed by atoms with E-state index < -0.39 is 17.2 Å². The van der Waals surface area contributed by atoms with E-state index in [0.29, 0.717) is 55.5 Å². The summed E-state index contributed by atoms with van der Waals surface area (Å²) >= 11 is 0. The maximum atomic E-state index is 15.3. The fraction of sp³-hybridized carbons (Fsp3) is 0.346. The highest BCUT2D eigenvalue weighted by Gasteiger charge is 2.35. The number of carboxylic acid groups (broad SMARTS) is 1. The van der Waals surface area contributed by atoms with Gasteiger partial charge in [0.2, 0.25) is 5.43 Å². The molecule has 0 spiro atoms. The molecule has 3 heterocycles. The van der Waals surface area contributed by atoms with Crippen molar-refractivity contribution in [3.05, 3.63) is 69.8 Å². The highest BCUT2D eigenvalue weighted by atomic mass is 19.1. The first-order valence-corrected chi connectivity index (χ1v) is 12.0. The van der Waals surface area contributed by atoms with Gasteiger partial charge in [0, 0.05) is 49.4 Å². The van der Waals surface area contributed by atoms with Crippen molar-refractivity contribution >= 4 is 28.3 Å². The van der Waals surface area contributed by atoms with Gasteiger partial charge in [-0.15, -0.1) is 0 Å². The van der Waals surface area contributed by atoms with Crippen LogP contribution in [0.5, 0.6) is 5.75 Å². The largest absolute Gasteiger partial charge is 0.491 e. The maximum absolute atomic E-state index is 15.3. The lowest BCUT2D eigenvalue weighted by Gasteiger charge is -2.41. The molecular weight excluding hydrogens is 467 g/mol. The summed E-state index contributed by atoms with van der Waals surface area (Å²) in [5.41, 5.74) is 1.26. The van der Waals surface area contributed by atoms with Crippen LogP contribution in [0.15, 0.2) is 52.5 Å². The van der Waals surface area contributed by atoms with E-state index in [-0.39, 0.29) is 23.0 Å². The van der Waals surface area contributed by atoms with Crippen LogP contribution in [0.4, 0.5) is 10.1 Å². The molecule has 0 radical (unpaired) electrons. The summed E-state index contributed by atoms with van der Waals surface area (Å²) in [4.78, 5) is 28.4. The summed E-state index contributed by atoms with van der Waals surface area (Å²) in [7, 11) is 0. The Labute approximate surface area is 205 Å². The van der Waals surface area contributed by atoms with E-state index in [9.17, 15) is 19.9 Å². The smallest absolute Gasteiger partial charge is 0.341 e. The van der Waals surface area contributed by atoms with Gasteiger partial charge < -0.3 is 24.5 Å². The molecule has 3 aromatic rings. The topological polar surface area (TPSA) is 108 Å². The number of hydrogen-bond donors (Lipinski definition) is 2. The van der Waals surface area contributed by atoms with E-state index in [1.54, 1.807) is 10.6 Å². The Morgan fingerprint density at radius 3 is 2.56 bits per heavy atom. The lowest BCUT2D eigenvalue weighted by molar-refractivity contribution is 0.0695. The zero-order valence-corrected chi connectivity index (χ0v) is 19.4. The Morgan fingerprint density at radius 1 is 1.11 bits per heavy atom. The highest BCUT2D eigenvalue weighted by molar-refractivity contribution is 6.07. The van der Waals surface area contributed by atoms with Gasteiger partial charge in [0.25, 0.3) is 0 Å². The van der Waals surface area contributed by atoms with Gasteiger partial charge in [-0.2, -0.15) is 0 Å². The molecule has 1 aromatic heterocycles. The Morgan fingerprint density at radius 2 is 1.86 bits per heavy atom. The maximum Gasteiger partial charge on any atom is 0.341 e. The normalized spacial score (nSPS) is 21.4. The molecule has 1 unspecified atom stereocenters. The molecule has 1 saturated carbocycles. The number of halogens is 1. The molecular formula is C26H25FN4O5. The minimum absolute atomic E-state index is 0.0866. The second kappa shape index (κ2) is 8.63. The van der Waals surface area contributed by atoms with Crippen LogP contribution in [0.1, 0.15) is 34.8 Å². The van der Waals surface area contributed by atoms with Crippen LogP contribution in [0.25, 0.3) is 10.9 Å². The number of aromatic nitrogens is 1. The molecule has 10 heteroatoms. The van der Waals surface area contributed by atoms with Gasteiger partial charge in [-0.05, 0) is 37.1 Å². The fourth-order valence-corrected chi connectivity index (χ4v) is 5.31. The summed E-state index contributed by atoms with van der Waals surface area (Å²) in [6.07, 6.45) is 3.18. The number of para-hydroxylation sites is 1. The van der Waals surface area contributed by atoms with Gasteiger partial charge in [0.05, 0.1) is 17.2 Å². The molecule has 1 atom stereocenters. The predicted octanol–water partition coefficient (Wildman–Crippen LogP) is 2.94. The number of hydrogen-bond acceptors (Lipinski definition) is 7. The van der Waals surface area contributed by atoms with Gasteiger partial charge in [-0.3, -0.25) is 9.69 Å². The number of oxime groups is 1. The van der Waals surface area contributed by atoms with Crippen LogP contribution in [0.2, 0.25) is 0 Å². The molecule has 2 aliphatic heterocycles. The first kappa shape index (κ1) is 22.5. The number of piperazine rings is 1. The predicted molar refractivity (Wildman–Crippen MR) is 131 cm³/mol. The van der Waals surface area contributed by atoms with Crippen LogP contribution < -0.4 is 15.1 Å². The molecule has 2 aromatic carbocycles. The average molecular weight is 493 g/mol. The van der Waals surface area contributed by atoms with Crippen molar-refractivity contribution < 1.29 is 24.2 Å². The number of carboxylic acids is 1. The minimum Gasteiger partial charge on any atom is -0.491 e. The number of fused-ring (bicyclic) bond motifs is 2. The van der Waals surface area contributed by atoms with Gasteiger partial charge in [0.15, 0.2) is 0 Å². The third kappa shape index (κ3) is 3.69. The lowest BCUT2D eigenvalue weighted by Crippen LogP contribution is -2.56. The van der Waals surface area contributed by atoms with E-state index in [4.69, 9.17) is 4.74 Å². The van der Waals surface area contributed by atoms with E-state index in [0.717, 1.165) is 18.4 Å². The number of ether oxygens (including phenoxy) is 1. The number of carbonyl (C=O) groups is 1. The van der Waals surface area contributed by atoms with E-state index in [1.165, 1.54) is 12.3 Å². The quantitative estimate of drug-likeness (QED) is 0.426. The molecule has 0 amide bonds. The first-order chi connectivity index (χ1) is 17.5. The second-order valence-corrected chi connectivity index (χ2v) is 9.47. The Kier molecular flexibility index (Phi) is 5.40. The lowest BCUT2D eigenvalue weighted by atomic mass is 9.98. The SMILES string of the molecule is O=C(O)c1cn(C2CC2)c2cc(N3CCN(C4COc5ccccc5/C4=N\O)CC3)c(F)cc2c1=O. The van der Waals surface area contributed by atoms with Crippen LogP contribution in [-0.2, 0) is 0 Å². The molecule has 1 saturated heterocycles. The van der Waals surface area contributed by atoms with Gasteiger partial charge in [0.1, 0.15) is 29.4 Å². The van der Waals surface area contributed by atoms with Crippen LogP contribution in [0, 0.1) is 5.82 Å². The summed E-state index contributed by atoms with van der Waals surface area (Å²) in [6, 6.07) is 10.2. The number of anilines is 1. The standard InChI is InChI=1S/C26H25FN4O5/c27-19-11-17-20(31(15-5-6-15)13-18(25(17)32)26(33)34)12-21(19)29-7-9-30(10-8-29)22-14-36-23-4-2-1-3-16(23)24(22)28-35/h1-4,11-13,15,22,35H,5-10,14H2,(H,33,34)/b28-24+. The van der Waals surface area contributed by atoms with Crippen molar-refractivity contribution in [2.75, 3.05) is 37.7 Å². The fourth-order valence-electron chi connectivity index (χ4n) is 5.31. The molecule has 6 rings (SSSR count). The highest BCUT2D eigenvalue weighted by Crippen LogP contribution is 2.38. The van der Waals surface area contributed by atoms with E-state index >= 15 is 4.39 Å². The number of nitrogens with zero attached hydrogens (tertiary/aromatic N) is 4. The van der Waals surface area contributed by atoms with E-state index in [2.05, 4.69) is 10.1 Å². The third-order valence-corrected chi connectivity index (χ3v) is 7.35. The molecule has 2 fully saturated rings. The Balaban J connectivity index is 1.28. The van der Waals surface area contributed by atoms with Crippen molar-refractivity contribution in [3.8, 4) is 5.75 Å². The minimum atomic E-state index is -1.31. The van der Waals surface area contributed by atoms with Crippen molar-refractivity contribution in [3.63, 3.8) is 0 Å². The van der Waals surface area contributed by atoms with Crippen molar-refractivity contribution in [1.82, 2.24) is 9.47 Å². The molecule has 3 aliphatic rings. The molecule has 1 aliphatic carbocycles. The zero-order chi connectivity index (χ0) is 25.0. The van der Waals surface area contributed by atoms with Crippen molar-refractivity contribution in [1.29, 1.82) is 0 Å². The monoisotopic (exact) mass is 492 g/mol. The number of rotatable bonds is 4. The molecule has 0 bridgehead atoms. The molecule has 36 heavy (non-hydrogen) atoms. The van der Waals surface area contributed by atoms with Crippen molar-refractivity contribution in [2.45, 2.75) is 24.9 Å². The van der Waals surface area contributed by atoms with Crippen LogP contribution in [0.3, 0.4) is 0 Å². The second-order valence-electron chi connectivity index (χ2n) is 9.47. The number of benzene rings is 2. The van der Waals surface area contributed by atoms with Gasteiger partial charge in [-0.25, -0.2) is 9.18 Å². The molecule has 9 nitrogen and oxygen atoms in total. The van der Waals surface area contributed by atoms with Crippen LogP contribution >= 0.6 is 0 Å². The summed E-state index contributed by atoms with van der Waals surface area (Å²) in [5, 5.41) is 22.9. The van der Waals surface area contributed by atoms with Gasteiger partial charge >= 0.3 is 5.97 Å². The average Bonchev–Trinajstić information content (AvgIpc) is 3.73. The van der Waals surface area contributed by atoms with Crippen LogP contribution in [-0.4, -0.2) is 70.3 Å². The Bertz CT molecular complexity index is 1460. The third-order valence-electron chi connectivity index (χ3n) is 7.35. The number of aromatic carboxylic acids is 1.